The summed E-state index contributed by atoms with van der Waals surface area (Å²) in [6.45, 7) is 4.56. The van der Waals surface area contributed by atoms with Gasteiger partial charge in [-0.25, -0.2) is 15.0 Å². The summed E-state index contributed by atoms with van der Waals surface area (Å²) in [7, 11) is 0. The maximum atomic E-state index is 13.1. The van der Waals surface area contributed by atoms with E-state index in [0.29, 0.717) is 30.0 Å². The van der Waals surface area contributed by atoms with Crippen molar-refractivity contribution in [3.63, 3.8) is 0 Å². The van der Waals surface area contributed by atoms with Gasteiger partial charge in [-0.15, -0.1) is 0 Å². The van der Waals surface area contributed by atoms with E-state index in [2.05, 4.69) is 28.3 Å². The Morgan fingerprint density at radius 1 is 1.08 bits per heavy atom. The van der Waals surface area contributed by atoms with Gasteiger partial charge in [-0.05, 0) is 55.9 Å². The topological polar surface area (TPSA) is 55.6 Å². The molecule has 5 rings (SSSR count). The van der Waals surface area contributed by atoms with E-state index in [1.54, 1.807) is 0 Å². The summed E-state index contributed by atoms with van der Waals surface area (Å²) >= 11 is 0. The Bertz CT molecular complexity index is 1340. The van der Waals surface area contributed by atoms with Gasteiger partial charge in [0, 0.05) is 18.2 Å². The number of nitrogens with one attached hydrogen (secondary N) is 1. The molecule has 1 atom stereocenters. The predicted molar refractivity (Wildman–Crippen MR) is 136 cm³/mol. The van der Waals surface area contributed by atoms with Gasteiger partial charge in [0.05, 0.1) is 5.56 Å². The van der Waals surface area contributed by atoms with Crippen molar-refractivity contribution in [1.82, 2.24) is 19.5 Å². The Balaban J connectivity index is 1.61. The fraction of sp³-hybridized carbons (Fsp3) is 0.393. The molecular weight excluding hydrogens is 463 g/mol. The maximum Gasteiger partial charge on any atom is 0.416 e. The lowest BCUT2D eigenvalue weighted by atomic mass is 9.78. The van der Waals surface area contributed by atoms with Crippen molar-refractivity contribution in [3.05, 3.63) is 71.5 Å². The molecule has 5 nitrogen and oxygen atoms in total. The minimum absolute atomic E-state index is 0.318. The lowest BCUT2D eigenvalue weighted by molar-refractivity contribution is -0.137. The van der Waals surface area contributed by atoms with Gasteiger partial charge in [0.1, 0.15) is 17.7 Å². The minimum Gasteiger partial charge on any atom is -0.365 e. The first-order valence-electron chi connectivity index (χ1n) is 12.5. The average molecular weight is 494 g/mol. The molecule has 0 radical (unpaired) electrons. The molecule has 1 saturated carbocycles. The van der Waals surface area contributed by atoms with Crippen LogP contribution in [0.3, 0.4) is 0 Å². The second kappa shape index (κ2) is 9.91. The van der Waals surface area contributed by atoms with Crippen LogP contribution in [0.25, 0.3) is 22.6 Å². The molecule has 1 unspecified atom stereocenters. The van der Waals surface area contributed by atoms with Gasteiger partial charge >= 0.3 is 6.18 Å². The number of hydrogen-bond donors (Lipinski definition) is 1. The van der Waals surface area contributed by atoms with Gasteiger partial charge in [0.25, 0.3) is 0 Å². The number of aryl methyl sites for hydroxylation is 1. The fourth-order valence-corrected chi connectivity index (χ4v) is 4.97. The number of anilines is 1. The summed E-state index contributed by atoms with van der Waals surface area (Å²) in [4.78, 5) is 13.9. The molecule has 2 heterocycles. The van der Waals surface area contributed by atoms with Crippen LogP contribution >= 0.6 is 0 Å². The zero-order valence-electron chi connectivity index (χ0n) is 20.5. The Morgan fingerprint density at radius 2 is 1.86 bits per heavy atom. The van der Waals surface area contributed by atoms with Gasteiger partial charge < -0.3 is 9.88 Å². The van der Waals surface area contributed by atoms with E-state index in [9.17, 15) is 13.2 Å². The maximum absolute atomic E-state index is 13.1. The van der Waals surface area contributed by atoms with E-state index in [1.165, 1.54) is 37.7 Å². The molecule has 36 heavy (non-hydrogen) atoms. The molecule has 1 aliphatic carbocycles. The van der Waals surface area contributed by atoms with Crippen molar-refractivity contribution in [1.29, 1.82) is 0 Å². The smallest absolute Gasteiger partial charge is 0.365 e. The molecule has 1 fully saturated rings. The van der Waals surface area contributed by atoms with E-state index >= 15 is 0 Å². The number of benzene rings is 2. The highest BCUT2D eigenvalue weighted by atomic mass is 19.4. The highest BCUT2D eigenvalue weighted by Gasteiger charge is 2.30. The molecule has 2 aromatic carbocycles. The van der Waals surface area contributed by atoms with Crippen molar-refractivity contribution >= 4 is 17.0 Å². The monoisotopic (exact) mass is 493 g/mol. The summed E-state index contributed by atoms with van der Waals surface area (Å²) < 4.78 is 41.4. The SMILES string of the molecule is CCCC(Nc1ncnc2nc(-c3cccc(C)c3)n(Cc3ccc(C(F)(F)F)cc3)c12)C1CCC1. The number of aromatic nitrogens is 4. The van der Waals surface area contributed by atoms with E-state index < -0.39 is 11.7 Å². The van der Waals surface area contributed by atoms with Crippen LogP contribution in [-0.2, 0) is 12.7 Å². The van der Waals surface area contributed by atoms with Crippen molar-refractivity contribution in [3.8, 4) is 11.4 Å². The summed E-state index contributed by atoms with van der Waals surface area (Å²) in [5, 5.41) is 3.70. The van der Waals surface area contributed by atoms with E-state index in [4.69, 9.17) is 4.98 Å². The molecule has 0 spiro atoms. The zero-order chi connectivity index (χ0) is 25.3. The Morgan fingerprint density at radius 3 is 2.50 bits per heavy atom. The third kappa shape index (κ3) is 4.94. The third-order valence-corrected chi connectivity index (χ3v) is 7.08. The highest BCUT2D eigenvalue weighted by Crippen LogP contribution is 2.35. The van der Waals surface area contributed by atoms with E-state index in [-0.39, 0.29) is 0 Å². The van der Waals surface area contributed by atoms with Gasteiger partial charge in [-0.3, -0.25) is 0 Å². The lowest BCUT2D eigenvalue weighted by Crippen LogP contribution is -2.34. The average Bonchev–Trinajstić information content (AvgIpc) is 3.17. The van der Waals surface area contributed by atoms with Crippen LogP contribution in [0.2, 0.25) is 0 Å². The number of fused-ring (bicyclic) bond motifs is 1. The van der Waals surface area contributed by atoms with Crippen molar-refractivity contribution < 1.29 is 13.2 Å². The van der Waals surface area contributed by atoms with Crippen LogP contribution in [0, 0.1) is 12.8 Å². The molecule has 8 heteroatoms. The number of hydrogen-bond acceptors (Lipinski definition) is 4. The molecule has 0 saturated heterocycles. The molecular formula is C28H30F3N5. The number of alkyl halides is 3. The summed E-state index contributed by atoms with van der Waals surface area (Å²) in [5.41, 5.74) is 3.45. The lowest BCUT2D eigenvalue weighted by Gasteiger charge is -2.34. The highest BCUT2D eigenvalue weighted by molar-refractivity contribution is 5.87. The molecule has 2 aromatic heterocycles. The Labute approximate surface area is 208 Å². The molecule has 0 amide bonds. The van der Waals surface area contributed by atoms with Crippen molar-refractivity contribution in [2.45, 2.75) is 64.7 Å². The molecule has 1 N–H and O–H groups in total. The van der Waals surface area contributed by atoms with Gasteiger partial charge in [-0.2, -0.15) is 13.2 Å². The summed E-state index contributed by atoms with van der Waals surface area (Å²) in [6.07, 6.45) is 2.97. The van der Waals surface area contributed by atoms with E-state index in [0.717, 1.165) is 53.0 Å². The molecule has 4 aromatic rings. The minimum atomic E-state index is -4.37. The van der Waals surface area contributed by atoms with E-state index in [1.807, 2.05) is 29.7 Å². The molecule has 0 aliphatic heterocycles. The Kier molecular flexibility index (Phi) is 6.69. The largest absolute Gasteiger partial charge is 0.416 e. The van der Waals surface area contributed by atoms with Gasteiger partial charge in [-0.1, -0.05) is 55.7 Å². The third-order valence-electron chi connectivity index (χ3n) is 7.08. The van der Waals surface area contributed by atoms with Crippen molar-refractivity contribution in [2.75, 3.05) is 5.32 Å². The van der Waals surface area contributed by atoms with Crippen LogP contribution < -0.4 is 5.32 Å². The fourth-order valence-electron chi connectivity index (χ4n) is 4.97. The first kappa shape index (κ1) is 24.3. The Hall–Kier alpha value is -3.42. The van der Waals surface area contributed by atoms with Crippen LogP contribution in [0.5, 0.6) is 0 Å². The summed E-state index contributed by atoms with van der Waals surface area (Å²) in [5.74, 6) is 2.06. The number of halogens is 3. The first-order valence-corrected chi connectivity index (χ1v) is 12.5. The van der Waals surface area contributed by atoms with Crippen LogP contribution in [-0.4, -0.2) is 25.6 Å². The zero-order valence-corrected chi connectivity index (χ0v) is 20.5. The van der Waals surface area contributed by atoms with Crippen LogP contribution in [0.15, 0.2) is 54.9 Å². The standard InChI is InChI=1S/C28H30F3N5/c1-3-6-23(20-8-5-9-20)34-25-24-26(33-17-32-25)35-27(21-10-4-7-18(2)15-21)36(24)16-19-11-13-22(14-12-19)28(29,30)31/h4,7,10-15,17,20,23H,3,5-6,8-9,16H2,1-2H3,(H,32,33,34). The number of nitrogens with zero attached hydrogens (tertiary/aromatic N) is 4. The molecule has 0 bridgehead atoms. The number of imidazole rings is 1. The second-order valence-electron chi connectivity index (χ2n) is 9.71. The molecule has 188 valence electrons. The molecule has 1 aliphatic rings. The predicted octanol–water partition coefficient (Wildman–Crippen LogP) is 7.25. The normalized spacial score (nSPS) is 15.1. The van der Waals surface area contributed by atoms with Crippen molar-refractivity contribution in [2.24, 2.45) is 5.92 Å². The first-order chi connectivity index (χ1) is 17.3. The van der Waals surface area contributed by atoms with Gasteiger partial charge in [0.2, 0.25) is 0 Å². The van der Waals surface area contributed by atoms with Crippen LogP contribution in [0.4, 0.5) is 19.0 Å². The second-order valence-corrected chi connectivity index (χ2v) is 9.71. The van der Waals surface area contributed by atoms with Crippen LogP contribution in [0.1, 0.15) is 55.7 Å². The quantitative estimate of drug-likeness (QED) is 0.281. The van der Waals surface area contributed by atoms with Gasteiger partial charge in [0.15, 0.2) is 11.5 Å². The number of rotatable bonds is 8. The summed E-state index contributed by atoms with van der Waals surface area (Å²) in [6, 6.07) is 13.7.